The molecule has 1 aromatic carbocycles. The molecule has 1 saturated carbocycles. The van der Waals surface area contributed by atoms with Gasteiger partial charge < -0.3 is 9.47 Å². The summed E-state index contributed by atoms with van der Waals surface area (Å²) in [5.41, 5.74) is 1.21. The minimum absolute atomic E-state index is 0.0602. The maximum absolute atomic E-state index is 11.3. The lowest BCUT2D eigenvalue weighted by atomic mass is 10.1. The van der Waals surface area contributed by atoms with Gasteiger partial charge >= 0.3 is 5.97 Å². The van der Waals surface area contributed by atoms with Crippen LogP contribution in [0.1, 0.15) is 18.4 Å². The monoisotopic (exact) mass is 234 g/mol. The SMILES string of the molecule is COC(=O)C1CC1CCc1ccccc1OC. The first-order chi connectivity index (χ1) is 8.26. The lowest BCUT2D eigenvalue weighted by Gasteiger charge is -2.07. The third-order valence-electron chi connectivity index (χ3n) is 3.40. The van der Waals surface area contributed by atoms with Gasteiger partial charge in [0.2, 0.25) is 0 Å². The molecule has 0 saturated heterocycles. The van der Waals surface area contributed by atoms with Crippen molar-refractivity contribution in [2.24, 2.45) is 11.8 Å². The van der Waals surface area contributed by atoms with Crippen LogP contribution in [0, 0.1) is 11.8 Å². The Bertz CT molecular complexity index is 400. The molecular weight excluding hydrogens is 216 g/mol. The predicted octanol–water partition coefficient (Wildman–Crippen LogP) is 2.44. The van der Waals surface area contributed by atoms with E-state index in [1.807, 2.05) is 18.2 Å². The Hall–Kier alpha value is -1.51. The van der Waals surface area contributed by atoms with Crippen LogP contribution in [0.2, 0.25) is 0 Å². The highest BCUT2D eigenvalue weighted by atomic mass is 16.5. The van der Waals surface area contributed by atoms with Crippen molar-refractivity contribution in [3.63, 3.8) is 0 Å². The number of benzene rings is 1. The quantitative estimate of drug-likeness (QED) is 0.734. The van der Waals surface area contributed by atoms with Gasteiger partial charge in [0.1, 0.15) is 5.75 Å². The number of methoxy groups -OCH3 is 2. The summed E-state index contributed by atoms with van der Waals surface area (Å²) in [4.78, 5) is 11.3. The molecule has 0 aliphatic heterocycles. The second kappa shape index (κ2) is 5.21. The van der Waals surface area contributed by atoms with Crippen molar-refractivity contribution >= 4 is 5.97 Å². The fourth-order valence-corrected chi connectivity index (χ4v) is 2.26. The van der Waals surface area contributed by atoms with Crippen LogP contribution in [-0.2, 0) is 16.0 Å². The molecule has 2 unspecified atom stereocenters. The van der Waals surface area contributed by atoms with E-state index in [0.29, 0.717) is 5.92 Å². The smallest absolute Gasteiger partial charge is 0.308 e. The van der Waals surface area contributed by atoms with E-state index < -0.39 is 0 Å². The Labute approximate surface area is 102 Å². The zero-order valence-electron chi connectivity index (χ0n) is 10.3. The van der Waals surface area contributed by atoms with Crippen LogP contribution in [0.3, 0.4) is 0 Å². The van der Waals surface area contributed by atoms with Crippen LogP contribution in [0.5, 0.6) is 5.75 Å². The summed E-state index contributed by atoms with van der Waals surface area (Å²) < 4.78 is 10.0. The third-order valence-corrected chi connectivity index (χ3v) is 3.40. The Morgan fingerprint density at radius 3 is 2.82 bits per heavy atom. The molecule has 17 heavy (non-hydrogen) atoms. The standard InChI is InChI=1S/C14H18O3/c1-16-13-6-4-3-5-10(13)7-8-11-9-12(11)14(15)17-2/h3-6,11-12H,7-9H2,1-2H3. The summed E-state index contributed by atoms with van der Waals surface area (Å²) in [5, 5.41) is 0. The van der Waals surface area contributed by atoms with Gasteiger partial charge in [-0.2, -0.15) is 0 Å². The number of hydrogen-bond donors (Lipinski definition) is 0. The number of esters is 1. The molecule has 0 radical (unpaired) electrons. The number of aryl methyl sites for hydroxylation is 1. The average Bonchev–Trinajstić information content (AvgIpc) is 3.15. The van der Waals surface area contributed by atoms with Crippen LogP contribution in [0.4, 0.5) is 0 Å². The summed E-state index contributed by atoms with van der Waals surface area (Å²) in [7, 11) is 3.14. The highest BCUT2D eigenvalue weighted by Gasteiger charge is 2.43. The fraction of sp³-hybridized carbons (Fsp3) is 0.500. The fourth-order valence-electron chi connectivity index (χ4n) is 2.26. The molecular formula is C14H18O3. The third kappa shape index (κ3) is 2.78. The Morgan fingerprint density at radius 1 is 1.35 bits per heavy atom. The van der Waals surface area contributed by atoms with Crippen LogP contribution in [-0.4, -0.2) is 20.2 Å². The zero-order chi connectivity index (χ0) is 12.3. The van der Waals surface area contributed by atoms with E-state index >= 15 is 0 Å². The minimum atomic E-state index is -0.0602. The van der Waals surface area contributed by atoms with Gasteiger partial charge in [-0.15, -0.1) is 0 Å². The van der Waals surface area contributed by atoms with E-state index in [2.05, 4.69) is 6.07 Å². The van der Waals surface area contributed by atoms with Crippen LogP contribution in [0.25, 0.3) is 0 Å². The molecule has 92 valence electrons. The van der Waals surface area contributed by atoms with Gasteiger partial charge in [-0.25, -0.2) is 0 Å². The van der Waals surface area contributed by atoms with E-state index in [0.717, 1.165) is 25.0 Å². The molecule has 1 fully saturated rings. The van der Waals surface area contributed by atoms with Crippen molar-refractivity contribution in [2.75, 3.05) is 14.2 Å². The molecule has 1 aliphatic carbocycles. The van der Waals surface area contributed by atoms with E-state index in [1.54, 1.807) is 7.11 Å². The molecule has 3 nitrogen and oxygen atoms in total. The molecule has 1 aliphatic rings. The van der Waals surface area contributed by atoms with Gasteiger partial charge in [-0.1, -0.05) is 18.2 Å². The maximum Gasteiger partial charge on any atom is 0.308 e. The lowest BCUT2D eigenvalue weighted by molar-refractivity contribution is -0.142. The van der Waals surface area contributed by atoms with E-state index in [4.69, 9.17) is 9.47 Å². The second-order valence-corrected chi connectivity index (χ2v) is 4.48. The normalized spacial score (nSPS) is 22.0. The van der Waals surface area contributed by atoms with E-state index in [-0.39, 0.29) is 11.9 Å². The van der Waals surface area contributed by atoms with Gasteiger partial charge in [0, 0.05) is 0 Å². The molecule has 0 amide bonds. The van der Waals surface area contributed by atoms with Crippen molar-refractivity contribution in [2.45, 2.75) is 19.3 Å². The molecule has 2 rings (SSSR count). The largest absolute Gasteiger partial charge is 0.496 e. The highest BCUT2D eigenvalue weighted by Crippen LogP contribution is 2.43. The average molecular weight is 234 g/mol. The summed E-state index contributed by atoms with van der Waals surface area (Å²) in [5.74, 6) is 1.50. The van der Waals surface area contributed by atoms with Crippen LogP contribution < -0.4 is 4.74 Å². The van der Waals surface area contributed by atoms with E-state index in [1.165, 1.54) is 12.7 Å². The molecule has 0 aromatic heterocycles. The molecule has 0 spiro atoms. The number of para-hydroxylation sites is 1. The second-order valence-electron chi connectivity index (χ2n) is 4.48. The topological polar surface area (TPSA) is 35.5 Å². The van der Waals surface area contributed by atoms with Crippen molar-refractivity contribution in [3.8, 4) is 5.75 Å². The summed E-state index contributed by atoms with van der Waals surface area (Å²) >= 11 is 0. The first-order valence-corrected chi connectivity index (χ1v) is 5.96. The molecule has 0 bridgehead atoms. The number of carbonyl (C=O) groups excluding carboxylic acids is 1. The zero-order valence-corrected chi connectivity index (χ0v) is 10.3. The molecule has 0 N–H and O–H groups in total. The summed E-state index contributed by atoms with van der Waals surface area (Å²) in [6.45, 7) is 0. The van der Waals surface area contributed by atoms with Gasteiger partial charge in [0.25, 0.3) is 0 Å². The first-order valence-electron chi connectivity index (χ1n) is 5.96. The van der Waals surface area contributed by atoms with Crippen molar-refractivity contribution in [3.05, 3.63) is 29.8 Å². The van der Waals surface area contributed by atoms with Gasteiger partial charge in [-0.05, 0) is 36.8 Å². The minimum Gasteiger partial charge on any atom is -0.496 e. The summed E-state index contributed by atoms with van der Waals surface area (Å²) in [6.07, 6.45) is 2.96. The highest BCUT2D eigenvalue weighted by molar-refractivity contribution is 5.75. The Morgan fingerprint density at radius 2 is 2.12 bits per heavy atom. The summed E-state index contributed by atoms with van der Waals surface area (Å²) in [6, 6.07) is 8.04. The Balaban J connectivity index is 1.85. The van der Waals surface area contributed by atoms with Crippen LogP contribution in [0.15, 0.2) is 24.3 Å². The number of carbonyl (C=O) groups is 1. The van der Waals surface area contributed by atoms with Gasteiger partial charge in [-0.3, -0.25) is 4.79 Å². The predicted molar refractivity (Wildman–Crippen MR) is 64.9 cm³/mol. The lowest BCUT2D eigenvalue weighted by Crippen LogP contribution is -2.04. The van der Waals surface area contributed by atoms with Crippen molar-refractivity contribution in [1.82, 2.24) is 0 Å². The molecule has 1 aromatic rings. The maximum atomic E-state index is 11.3. The molecule has 2 atom stereocenters. The van der Waals surface area contributed by atoms with Crippen LogP contribution >= 0.6 is 0 Å². The number of rotatable bonds is 5. The van der Waals surface area contributed by atoms with Crippen molar-refractivity contribution in [1.29, 1.82) is 0 Å². The number of ether oxygens (including phenoxy) is 2. The van der Waals surface area contributed by atoms with Gasteiger partial charge in [0.05, 0.1) is 20.1 Å². The van der Waals surface area contributed by atoms with E-state index in [9.17, 15) is 4.79 Å². The number of hydrogen-bond acceptors (Lipinski definition) is 3. The van der Waals surface area contributed by atoms with Gasteiger partial charge in [0.15, 0.2) is 0 Å². The Kier molecular flexibility index (Phi) is 3.67. The molecule has 3 heteroatoms. The molecule has 0 heterocycles. The van der Waals surface area contributed by atoms with Crippen molar-refractivity contribution < 1.29 is 14.3 Å². The first kappa shape index (κ1) is 12.0.